The molecule has 2 aromatic carbocycles. The number of carbonyl (C=O) groups excluding carboxylic acids is 2. The number of fused-ring (bicyclic) bond motifs is 4. The predicted molar refractivity (Wildman–Crippen MR) is 113 cm³/mol. The molecule has 4 atom stereocenters. The first-order valence-electron chi connectivity index (χ1n) is 9.86. The number of hydrogen-bond donors (Lipinski definition) is 2. The highest BCUT2D eigenvalue weighted by atomic mass is 32.2. The van der Waals surface area contributed by atoms with Crippen LogP contribution in [-0.2, 0) is 20.4 Å². The maximum Gasteiger partial charge on any atom is 0.352 e. The van der Waals surface area contributed by atoms with Crippen LogP contribution >= 0.6 is 0 Å². The van der Waals surface area contributed by atoms with E-state index in [9.17, 15) is 28.8 Å². The predicted octanol–water partition coefficient (Wildman–Crippen LogP) is 2.04. The number of amides is 1. The number of nitrogens with zero attached hydrogens (tertiary/aromatic N) is 1. The van der Waals surface area contributed by atoms with E-state index in [1.54, 1.807) is 24.3 Å². The zero-order chi connectivity index (χ0) is 22.2. The molecule has 158 valence electrons. The van der Waals surface area contributed by atoms with Crippen LogP contribution < -0.4 is 0 Å². The molecule has 0 bridgehead atoms. The molecule has 3 aliphatic rings. The maximum atomic E-state index is 13.0. The van der Waals surface area contributed by atoms with Crippen LogP contribution in [-0.4, -0.2) is 55.4 Å². The van der Waals surface area contributed by atoms with E-state index in [2.05, 4.69) is 0 Å². The Balaban J connectivity index is 1.72. The second-order valence-electron chi connectivity index (χ2n) is 8.10. The van der Waals surface area contributed by atoms with Crippen LogP contribution in [0.3, 0.4) is 0 Å². The third-order valence-corrected chi connectivity index (χ3v) is 7.32. The van der Waals surface area contributed by atoms with Crippen molar-refractivity contribution >= 4 is 34.0 Å². The summed E-state index contributed by atoms with van der Waals surface area (Å²) in [7, 11) is -1.49. The molecule has 0 saturated carbocycles. The summed E-state index contributed by atoms with van der Waals surface area (Å²) in [5.41, 5.74) is 3.09. The third-order valence-electron chi connectivity index (χ3n) is 6.38. The molecule has 31 heavy (non-hydrogen) atoms. The second-order valence-corrected chi connectivity index (χ2v) is 9.45. The van der Waals surface area contributed by atoms with Gasteiger partial charge in [-0.2, -0.15) is 0 Å². The average molecular weight is 437 g/mol. The number of aliphatic hydroxyl groups excluding tert-OH is 1. The van der Waals surface area contributed by atoms with Gasteiger partial charge in [-0.3, -0.25) is 13.8 Å². The average Bonchev–Trinajstić information content (AvgIpc) is 3.21. The van der Waals surface area contributed by atoms with Crippen LogP contribution in [0.25, 0.3) is 16.7 Å². The first kappa shape index (κ1) is 19.8. The van der Waals surface area contributed by atoms with Gasteiger partial charge < -0.3 is 15.1 Å². The smallest absolute Gasteiger partial charge is 0.352 e. The molecule has 1 unspecified atom stereocenters. The van der Waals surface area contributed by atoms with E-state index >= 15 is 0 Å². The Morgan fingerprint density at radius 1 is 1.16 bits per heavy atom. The van der Waals surface area contributed by atoms with Crippen molar-refractivity contribution in [2.45, 2.75) is 30.4 Å². The van der Waals surface area contributed by atoms with Crippen LogP contribution in [0.4, 0.5) is 0 Å². The fourth-order valence-electron chi connectivity index (χ4n) is 5.04. The zero-order valence-corrected chi connectivity index (χ0v) is 17.6. The zero-order valence-electron chi connectivity index (χ0n) is 16.8. The SMILES string of the molecule is C[C@@H](O)[C@H]1C(=O)N2C(C(=O)O)=C(c3cc4c(c(S(C)=O)c3)C(=O)c3ccccc3-4)C[C@H]12. The lowest BCUT2D eigenvalue weighted by molar-refractivity contribution is -0.161. The van der Waals surface area contributed by atoms with Gasteiger partial charge in [0.2, 0.25) is 5.91 Å². The number of ketones is 1. The first-order valence-corrected chi connectivity index (χ1v) is 11.4. The quantitative estimate of drug-likeness (QED) is 0.604. The molecule has 5 rings (SSSR count). The number of β-lactam (4-membered cyclic amide) rings is 1. The van der Waals surface area contributed by atoms with Crippen molar-refractivity contribution in [1.82, 2.24) is 4.90 Å². The summed E-state index contributed by atoms with van der Waals surface area (Å²) in [5.74, 6) is -2.49. The van der Waals surface area contributed by atoms with E-state index in [0.29, 0.717) is 38.3 Å². The summed E-state index contributed by atoms with van der Waals surface area (Å²) in [6.07, 6.45) is 0.871. The molecule has 8 heteroatoms. The topological polar surface area (TPSA) is 112 Å². The number of aliphatic hydroxyl groups is 1. The number of aliphatic carboxylic acids is 1. The van der Waals surface area contributed by atoms with Gasteiger partial charge in [0.25, 0.3) is 0 Å². The molecular formula is C23H19NO6S. The van der Waals surface area contributed by atoms with Gasteiger partial charge in [-0.15, -0.1) is 0 Å². The van der Waals surface area contributed by atoms with Crippen molar-refractivity contribution in [2.75, 3.05) is 6.26 Å². The van der Waals surface area contributed by atoms with Gasteiger partial charge in [-0.05, 0) is 47.7 Å². The van der Waals surface area contributed by atoms with Gasteiger partial charge in [-0.25, -0.2) is 4.79 Å². The Hall–Kier alpha value is -3.10. The largest absolute Gasteiger partial charge is 0.477 e. The number of carbonyl (C=O) groups is 3. The minimum absolute atomic E-state index is 0.114. The molecule has 2 aromatic rings. The number of benzene rings is 2. The minimum Gasteiger partial charge on any atom is -0.477 e. The molecule has 7 nitrogen and oxygen atoms in total. The summed E-state index contributed by atoms with van der Waals surface area (Å²) in [6, 6.07) is 10.0. The van der Waals surface area contributed by atoms with Crippen molar-refractivity contribution in [3.05, 3.63) is 58.8 Å². The maximum absolute atomic E-state index is 13.0. The summed E-state index contributed by atoms with van der Waals surface area (Å²) >= 11 is 0. The molecule has 1 fully saturated rings. The highest BCUT2D eigenvalue weighted by Crippen LogP contribution is 2.49. The Morgan fingerprint density at radius 2 is 1.84 bits per heavy atom. The van der Waals surface area contributed by atoms with E-state index in [-0.39, 0.29) is 17.9 Å². The number of hydrogen-bond acceptors (Lipinski definition) is 5. The lowest BCUT2D eigenvalue weighted by Gasteiger charge is -2.44. The van der Waals surface area contributed by atoms with E-state index in [1.807, 2.05) is 12.1 Å². The van der Waals surface area contributed by atoms with Gasteiger partial charge in [0.15, 0.2) is 5.78 Å². The van der Waals surface area contributed by atoms with E-state index in [1.165, 1.54) is 18.1 Å². The van der Waals surface area contributed by atoms with Crippen LogP contribution in [0.1, 0.15) is 34.8 Å². The lowest BCUT2D eigenvalue weighted by Crippen LogP contribution is -2.61. The van der Waals surface area contributed by atoms with Crippen LogP contribution in [0, 0.1) is 5.92 Å². The van der Waals surface area contributed by atoms with Crippen molar-refractivity contribution in [3.63, 3.8) is 0 Å². The summed E-state index contributed by atoms with van der Waals surface area (Å²) < 4.78 is 12.5. The van der Waals surface area contributed by atoms with Crippen molar-refractivity contribution < 1.29 is 28.8 Å². The Kier molecular flexibility index (Phi) is 4.29. The van der Waals surface area contributed by atoms with Crippen molar-refractivity contribution in [1.29, 1.82) is 0 Å². The van der Waals surface area contributed by atoms with Gasteiger partial charge in [-0.1, -0.05) is 24.3 Å². The highest BCUT2D eigenvalue weighted by molar-refractivity contribution is 7.84. The van der Waals surface area contributed by atoms with Crippen LogP contribution in [0.15, 0.2) is 47.0 Å². The third kappa shape index (κ3) is 2.61. The molecule has 0 aromatic heterocycles. The first-order chi connectivity index (χ1) is 14.7. The number of rotatable bonds is 4. The van der Waals surface area contributed by atoms with E-state index < -0.39 is 40.7 Å². The monoisotopic (exact) mass is 437 g/mol. The number of carboxylic acid groups (broad SMARTS) is 1. The second kappa shape index (κ2) is 6.70. The van der Waals surface area contributed by atoms with Crippen molar-refractivity contribution in [3.8, 4) is 11.1 Å². The normalized spacial score (nSPS) is 23.3. The Labute approximate surface area is 180 Å². The summed E-state index contributed by atoms with van der Waals surface area (Å²) in [6.45, 7) is 1.52. The molecule has 1 saturated heterocycles. The summed E-state index contributed by atoms with van der Waals surface area (Å²) in [5, 5.41) is 19.8. The fourth-order valence-corrected chi connectivity index (χ4v) is 5.82. The van der Waals surface area contributed by atoms with Crippen molar-refractivity contribution in [2.24, 2.45) is 5.92 Å². The molecule has 1 amide bonds. The molecule has 1 aliphatic carbocycles. The van der Waals surface area contributed by atoms with Crippen LogP contribution in [0.2, 0.25) is 0 Å². The lowest BCUT2D eigenvalue weighted by atomic mass is 9.82. The van der Waals surface area contributed by atoms with Gasteiger partial charge in [0.1, 0.15) is 5.70 Å². The minimum atomic E-state index is -1.49. The molecule has 0 radical (unpaired) electrons. The van der Waals surface area contributed by atoms with E-state index in [4.69, 9.17) is 0 Å². The van der Waals surface area contributed by atoms with Gasteiger partial charge in [0, 0.05) is 17.4 Å². The van der Waals surface area contributed by atoms with E-state index in [0.717, 1.165) is 0 Å². The molecule has 0 spiro atoms. The molecule has 2 heterocycles. The summed E-state index contributed by atoms with van der Waals surface area (Å²) in [4.78, 5) is 39.2. The molecule has 2 N–H and O–H groups in total. The standard InChI is InChI=1S/C23H19NO6S/c1-10(25)18-16-9-14(20(23(28)29)24(16)22(18)27)11-7-15-12-5-3-4-6-13(12)21(26)19(15)17(8-11)31(2)30/h3-8,10,16,18,25H,9H2,1-2H3,(H,28,29)/t10-,16-,18-,31?/m1/s1. The molecular weight excluding hydrogens is 418 g/mol. The van der Waals surface area contributed by atoms with Gasteiger partial charge in [0.05, 0.1) is 33.8 Å². The highest BCUT2D eigenvalue weighted by Gasteiger charge is 2.56. The molecule has 2 aliphatic heterocycles. The van der Waals surface area contributed by atoms with Crippen LogP contribution in [0.5, 0.6) is 0 Å². The Bertz CT molecular complexity index is 1260. The van der Waals surface area contributed by atoms with Gasteiger partial charge >= 0.3 is 5.97 Å². The number of carboxylic acids is 1. The Morgan fingerprint density at radius 3 is 2.45 bits per heavy atom. The fraction of sp³-hybridized carbons (Fsp3) is 0.261.